The first kappa shape index (κ1) is 14.8. The summed E-state index contributed by atoms with van der Waals surface area (Å²) < 4.78 is 31.5. The maximum Gasteiger partial charge on any atom is 0.174 e. The highest BCUT2D eigenvalue weighted by molar-refractivity contribution is 5.48. The lowest BCUT2D eigenvalue weighted by molar-refractivity contribution is 0.368. The van der Waals surface area contributed by atoms with Crippen LogP contribution in [0, 0.1) is 23.0 Å². The van der Waals surface area contributed by atoms with Gasteiger partial charge in [0.2, 0.25) is 0 Å². The molecule has 2 rings (SSSR count). The fourth-order valence-corrected chi connectivity index (χ4v) is 1.92. The normalized spacial score (nSPS) is 11.5. The number of nitriles is 1. The summed E-state index contributed by atoms with van der Waals surface area (Å²) in [6.07, 6.45) is 0. The van der Waals surface area contributed by atoms with Gasteiger partial charge in [-0.3, -0.25) is 0 Å². The molecule has 0 saturated carbocycles. The zero-order valence-electron chi connectivity index (χ0n) is 11.4. The molecule has 2 aromatic rings. The molecule has 0 aromatic heterocycles. The predicted molar refractivity (Wildman–Crippen MR) is 75.9 cm³/mol. The third kappa shape index (κ3) is 4.18. The molecule has 1 atom stereocenters. The molecule has 2 aromatic carbocycles. The van der Waals surface area contributed by atoms with Gasteiger partial charge in [-0.05, 0) is 48.9 Å². The number of hydrogen-bond donors (Lipinski definition) is 1. The fraction of sp³-hybridized carbons (Fsp3) is 0.188. The van der Waals surface area contributed by atoms with Crippen LogP contribution < -0.4 is 10.1 Å². The number of hydrogen-bond acceptors (Lipinski definition) is 3. The van der Waals surface area contributed by atoms with Crippen LogP contribution in [0.2, 0.25) is 0 Å². The number of rotatable bonds is 5. The van der Waals surface area contributed by atoms with Crippen LogP contribution in [0.15, 0.2) is 42.5 Å². The summed E-state index contributed by atoms with van der Waals surface area (Å²) in [4.78, 5) is 0. The van der Waals surface area contributed by atoms with E-state index in [9.17, 15) is 8.78 Å². The van der Waals surface area contributed by atoms with Gasteiger partial charge in [-0.1, -0.05) is 0 Å². The Bertz CT molecular complexity index is 630. The first-order chi connectivity index (χ1) is 10.1. The Hall–Kier alpha value is -2.61. The number of benzene rings is 2. The Labute approximate surface area is 121 Å². The number of anilines is 1. The maximum absolute atomic E-state index is 13.2. The van der Waals surface area contributed by atoms with Gasteiger partial charge in [0, 0.05) is 17.8 Å². The maximum atomic E-state index is 13.2. The molecule has 0 radical (unpaired) electrons. The average molecular weight is 288 g/mol. The Balaban J connectivity index is 2.05. The molecule has 0 aliphatic rings. The molecule has 1 N–H and O–H groups in total. The Morgan fingerprint density at radius 2 is 1.76 bits per heavy atom. The molecular weight excluding hydrogens is 274 g/mol. The molecule has 0 bridgehead atoms. The van der Waals surface area contributed by atoms with Crippen molar-refractivity contribution in [1.29, 1.82) is 5.26 Å². The van der Waals surface area contributed by atoms with Gasteiger partial charge in [0.15, 0.2) is 6.61 Å². The Kier molecular flexibility index (Phi) is 4.72. The van der Waals surface area contributed by atoms with Gasteiger partial charge in [0.25, 0.3) is 0 Å². The van der Waals surface area contributed by atoms with E-state index in [1.165, 1.54) is 12.1 Å². The van der Waals surface area contributed by atoms with Gasteiger partial charge in [-0.2, -0.15) is 5.26 Å². The van der Waals surface area contributed by atoms with Crippen LogP contribution in [0.3, 0.4) is 0 Å². The van der Waals surface area contributed by atoms with Crippen molar-refractivity contribution in [2.24, 2.45) is 0 Å². The van der Waals surface area contributed by atoms with E-state index in [0.717, 1.165) is 11.8 Å². The van der Waals surface area contributed by atoms with Crippen LogP contribution >= 0.6 is 0 Å². The van der Waals surface area contributed by atoms with E-state index in [4.69, 9.17) is 10.00 Å². The van der Waals surface area contributed by atoms with Crippen LogP contribution in [0.1, 0.15) is 18.5 Å². The van der Waals surface area contributed by atoms with Crippen molar-refractivity contribution in [3.8, 4) is 11.8 Å². The summed E-state index contributed by atoms with van der Waals surface area (Å²) in [5.41, 5.74) is 1.31. The number of ether oxygens (including phenoxy) is 1. The molecule has 0 aliphatic carbocycles. The van der Waals surface area contributed by atoms with Crippen LogP contribution in [0.4, 0.5) is 14.5 Å². The van der Waals surface area contributed by atoms with E-state index >= 15 is 0 Å². The second-order valence-corrected chi connectivity index (χ2v) is 4.54. The van der Waals surface area contributed by atoms with Crippen molar-refractivity contribution < 1.29 is 13.5 Å². The summed E-state index contributed by atoms with van der Waals surface area (Å²) in [6, 6.07) is 12.1. The molecule has 21 heavy (non-hydrogen) atoms. The molecular formula is C16H14F2N2O. The second kappa shape index (κ2) is 6.71. The first-order valence-corrected chi connectivity index (χ1v) is 6.41. The van der Waals surface area contributed by atoms with Crippen LogP contribution in [-0.2, 0) is 0 Å². The van der Waals surface area contributed by atoms with E-state index in [0.29, 0.717) is 11.3 Å². The van der Waals surface area contributed by atoms with Gasteiger partial charge in [-0.15, -0.1) is 0 Å². The molecule has 0 heterocycles. The monoisotopic (exact) mass is 288 g/mol. The van der Waals surface area contributed by atoms with E-state index in [1.807, 2.05) is 13.0 Å². The summed E-state index contributed by atoms with van der Waals surface area (Å²) in [5.74, 6) is -0.607. The van der Waals surface area contributed by atoms with E-state index in [1.54, 1.807) is 24.3 Å². The Morgan fingerprint density at radius 3 is 2.33 bits per heavy atom. The van der Waals surface area contributed by atoms with Crippen molar-refractivity contribution in [1.82, 2.24) is 0 Å². The van der Waals surface area contributed by atoms with E-state index in [-0.39, 0.29) is 12.6 Å². The third-order valence-electron chi connectivity index (χ3n) is 2.93. The number of nitrogens with one attached hydrogen (secondary N) is 1. The molecule has 3 nitrogen and oxygen atoms in total. The van der Waals surface area contributed by atoms with Gasteiger partial charge in [-0.25, -0.2) is 8.78 Å². The molecule has 0 fully saturated rings. The highest BCUT2D eigenvalue weighted by Gasteiger charge is 2.08. The average Bonchev–Trinajstić information content (AvgIpc) is 2.45. The van der Waals surface area contributed by atoms with Crippen molar-refractivity contribution in [3.05, 3.63) is 59.7 Å². The summed E-state index contributed by atoms with van der Waals surface area (Å²) in [7, 11) is 0. The van der Waals surface area contributed by atoms with Crippen molar-refractivity contribution >= 4 is 5.69 Å². The largest absolute Gasteiger partial charge is 0.479 e. The molecule has 5 heteroatoms. The standard InChI is InChI=1S/C16H14F2N2O/c1-11(12-8-13(17)10-14(18)9-12)20-15-2-4-16(5-3-15)21-7-6-19/h2-5,8-11,20H,7H2,1H3. The molecule has 0 aliphatic heterocycles. The molecule has 1 unspecified atom stereocenters. The van der Waals surface area contributed by atoms with E-state index < -0.39 is 11.6 Å². The minimum Gasteiger partial charge on any atom is -0.479 e. The quantitative estimate of drug-likeness (QED) is 0.903. The summed E-state index contributed by atoms with van der Waals surface area (Å²) in [5, 5.41) is 11.6. The van der Waals surface area contributed by atoms with Crippen molar-refractivity contribution in [2.45, 2.75) is 13.0 Å². The highest BCUT2D eigenvalue weighted by Crippen LogP contribution is 2.22. The highest BCUT2D eigenvalue weighted by atomic mass is 19.1. The second-order valence-electron chi connectivity index (χ2n) is 4.54. The molecule has 0 amide bonds. The molecule has 0 saturated heterocycles. The topological polar surface area (TPSA) is 45.0 Å². The number of nitrogens with zero attached hydrogens (tertiary/aromatic N) is 1. The van der Waals surface area contributed by atoms with Gasteiger partial charge < -0.3 is 10.1 Å². The summed E-state index contributed by atoms with van der Waals surface area (Å²) >= 11 is 0. The Morgan fingerprint density at radius 1 is 1.14 bits per heavy atom. The van der Waals surface area contributed by atoms with Crippen molar-refractivity contribution in [3.63, 3.8) is 0 Å². The van der Waals surface area contributed by atoms with Crippen LogP contribution in [0.5, 0.6) is 5.75 Å². The smallest absolute Gasteiger partial charge is 0.174 e. The van der Waals surface area contributed by atoms with Gasteiger partial charge in [0.05, 0.1) is 0 Å². The SMILES string of the molecule is CC(Nc1ccc(OCC#N)cc1)c1cc(F)cc(F)c1. The minimum atomic E-state index is -0.598. The molecule has 108 valence electrons. The lowest BCUT2D eigenvalue weighted by Crippen LogP contribution is -2.07. The van der Waals surface area contributed by atoms with Crippen molar-refractivity contribution in [2.75, 3.05) is 11.9 Å². The molecule has 0 spiro atoms. The van der Waals surface area contributed by atoms with Gasteiger partial charge >= 0.3 is 0 Å². The zero-order chi connectivity index (χ0) is 15.2. The lowest BCUT2D eigenvalue weighted by atomic mass is 10.1. The predicted octanol–water partition coefficient (Wildman–Crippen LogP) is 4.04. The van der Waals surface area contributed by atoms with E-state index in [2.05, 4.69) is 5.32 Å². The number of halogens is 2. The van der Waals surface area contributed by atoms with Crippen LogP contribution in [-0.4, -0.2) is 6.61 Å². The lowest BCUT2D eigenvalue weighted by Gasteiger charge is -2.16. The summed E-state index contributed by atoms with van der Waals surface area (Å²) in [6.45, 7) is 1.81. The minimum absolute atomic E-state index is 0.00819. The fourth-order valence-electron chi connectivity index (χ4n) is 1.92. The zero-order valence-corrected chi connectivity index (χ0v) is 11.4. The van der Waals surface area contributed by atoms with Gasteiger partial charge in [0.1, 0.15) is 23.5 Å². The first-order valence-electron chi connectivity index (χ1n) is 6.41. The van der Waals surface area contributed by atoms with Crippen LogP contribution in [0.25, 0.3) is 0 Å². The third-order valence-corrected chi connectivity index (χ3v) is 2.93.